The Morgan fingerprint density at radius 3 is 2.42 bits per heavy atom. The third kappa shape index (κ3) is 4.08. The van der Waals surface area contributed by atoms with Crippen LogP contribution in [0.5, 0.6) is 0 Å². The maximum atomic E-state index is 12.3. The number of urea groups is 1. The van der Waals surface area contributed by atoms with E-state index < -0.39 is 0 Å². The summed E-state index contributed by atoms with van der Waals surface area (Å²) in [5.41, 5.74) is 6.52. The zero-order valence-electron chi connectivity index (χ0n) is 14.2. The van der Waals surface area contributed by atoms with E-state index in [1.165, 1.54) is 18.4 Å². The van der Waals surface area contributed by atoms with Gasteiger partial charge in [-0.2, -0.15) is 0 Å². The Hall–Kier alpha value is -2.04. The number of nitrogens with zero attached hydrogens (tertiary/aromatic N) is 1. The minimum absolute atomic E-state index is 0.0320. The molecule has 3 N–H and O–H groups in total. The van der Waals surface area contributed by atoms with Gasteiger partial charge >= 0.3 is 6.03 Å². The lowest BCUT2D eigenvalue weighted by Gasteiger charge is -2.39. The second-order valence-corrected chi connectivity index (χ2v) is 7.25. The molecule has 5 heteroatoms. The number of carbonyl (C=O) groups is 2. The van der Waals surface area contributed by atoms with E-state index in [1.54, 1.807) is 0 Å². The van der Waals surface area contributed by atoms with Crippen LogP contribution >= 0.6 is 0 Å². The molecular weight excluding hydrogens is 302 g/mol. The highest BCUT2D eigenvalue weighted by Crippen LogP contribution is 2.45. The summed E-state index contributed by atoms with van der Waals surface area (Å²) in [5.74, 6) is 0.488. The Bertz CT molecular complexity index is 576. The third-order valence-electron chi connectivity index (χ3n) is 5.44. The minimum atomic E-state index is -0.387. The number of hydrogen-bond donors (Lipinski definition) is 2. The first-order chi connectivity index (χ1) is 11.6. The maximum Gasteiger partial charge on any atom is 0.317 e. The van der Waals surface area contributed by atoms with Crippen LogP contribution in [0.2, 0.25) is 0 Å². The summed E-state index contributed by atoms with van der Waals surface area (Å²) < 4.78 is 0. The molecule has 1 heterocycles. The fourth-order valence-electron chi connectivity index (χ4n) is 3.63. The zero-order valence-corrected chi connectivity index (χ0v) is 14.2. The molecule has 1 aromatic rings. The summed E-state index contributed by atoms with van der Waals surface area (Å²) in [5, 5.41) is 2.98. The van der Waals surface area contributed by atoms with Crippen molar-refractivity contribution in [1.29, 1.82) is 0 Å². The van der Waals surface area contributed by atoms with E-state index >= 15 is 0 Å². The summed E-state index contributed by atoms with van der Waals surface area (Å²) in [4.78, 5) is 26.1. The summed E-state index contributed by atoms with van der Waals surface area (Å²) in [6.45, 7) is 1.86. The van der Waals surface area contributed by atoms with Gasteiger partial charge < -0.3 is 16.0 Å². The number of amides is 3. The Labute approximate surface area is 143 Å². The van der Waals surface area contributed by atoms with E-state index in [0.717, 1.165) is 12.8 Å². The molecule has 3 rings (SSSR count). The fourth-order valence-corrected chi connectivity index (χ4v) is 3.63. The number of carbonyl (C=O) groups excluding carboxylic acids is 2. The highest BCUT2D eigenvalue weighted by atomic mass is 16.2. The second-order valence-electron chi connectivity index (χ2n) is 7.25. The van der Waals surface area contributed by atoms with Crippen molar-refractivity contribution in [3.63, 3.8) is 0 Å². The molecule has 1 aliphatic heterocycles. The lowest BCUT2D eigenvalue weighted by atomic mass is 9.73. The van der Waals surface area contributed by atoms with Gasteiger partial charge in [0.05, 0.1) is 5.41 Å². The Morgan fingerprint density at radius 1 is 1.17 bits per heavy atom. The van der Waals surface area contributed by atoms with Crippen LogP contribution in [0.1, 0.15) is 37.7 Å². The first-order valence-corrected chi connectivity index (χ1v) is 8.96. The van der Waals surface area contributed by atoms with Gasteiger partial charge in [0.1, 0.15) is 0 Å². The van der Waals surface area contributed by atoms with Gasteiger partial charge in [0, 0.05) is 19.6 Å². The van der Waals surface area contributed by atoms with Gasteiger partial charge in [0.2, 0.25) is 5.91 Å². The standard InChI is InChI=1S/C19H27N3O2/c20-17(23)19(14-16-6-7-16)9-12-22(13-10-19)18(24)21-11-8-15-4-2-1-3-5-15/h1-5,16H,6-14H2,(H2,20,23)(H,21,24). The average molecular weight is 329 g/mol. The van der Waals surface area contributed by atoms with Gasteiger partial charge in [-0.25, -0.2) is 4.79 Å². The summed E-state index contributed by atoms with van der Waals surface area (Å²) in [6, 6.07) is 10.1. The largest absolute Gasteiger partial charge is 0.369 e. The number of nitrogens with one attached hydrogen (secondary N) is 1. The van der Waals surface area contributed by atoms with Crippen molar-refractivity contribution in [2.24, 2.45) is 17.1 Å². The van der Waals surface area contributed by atoms with Crippen molar-refractivity contribution in [1.82, 2.24) is 10.2 Å². The summed E-state index contributed by atoms with van der Waals surface area (Å²) in [6.07, 6.45) is 5.58. The topological polar surface area (TPSA) is 75.4 Å². The lowest BCUT2D eigenvalue weighted by Crippen LogP contribution is -2.51. The molecular formula is C19H27N3O2. The van der Waals surface area contributed by atoms with Gasteiger partial charge in [-0.1, -0.05) is 43.2 Å². The summed E-state index contributed by atoms with van der Waals surface area (Å²) >= 11 is 0. The lowest BCUT2D eigenvalue weighted by molar-refractivity contribution is -0.130. The van der Waals surface area contributed by atoms with Gasteiger partial charge in [-0.15, -0.1) is 0 Å². The molecule has 3 amide bonds. The van der Waals surface area contributed by atoms with E-state index in [1.807, 2.05) is 23.1 Å². The SMILES string of the molecule is NC(=O)C1(CC2CC2)CCN(C(=O)NCCc2ccccc2)CC1. The van der Waals surface area contributed by atoms with Crippen LogP contribution in [0.4, 0.5) is 4.79 Å². The highest BCUT2D eigenvalue weighted by molar-refractivity contribution is 5.81. The average Bonchev–Trinajstić information content (AvgIpc) is 3.40. The molecule has 2 fully saturated rings. The van der Waals surface area contributed by atoms with Crippen LogP contribution in [-0.4, -0.2) is 36.5 Å². The van der Waals surface area contributed by atoms with Crippen molar-refractivity contribution in [2.45, 2.75) is 38.5 Å². The normalized spacial score (nSPS) is 19.8. The second kappa shape index (κ2) is 7.24. The Kier molecular flexibility index (Phi) is 5.07. The van der Waals surface area contributed by atoms with Crippen LogP contribution in [0.3, 0.4) is 0 Å². The molecule has 0 radical (unpaired) electrons. The number of likely N-dealkylation sites (tertiary alicyclic amines) is 1. The highest BCUT2D eigenvalue weighted by Gasteiger charge is 2.44. The Morgan fingerprint density at radius 2 is 1.83 bits per heavy atom. The van der Waals surface area contributed by atoms with Crippen molar-refractivity contribution in [3.05, 3.63) is 35.9 Å². The van der Waals surface area contributed by atoms with E-state index in [0.29, 0.717) is 38.4 Å². The number of benzene rings is 1. The van der Waals surface area contributed by atoms with Crippen molar-refractivity contribution in [3.8, 4) is 0 Å². The van der Waals surface area contributed by atoms with Gasteiger partial charge in [-0.3, -0.25) is 4.79 Å². The summed E-state index contributed by atoms with van der Waals surface area (Å²) in [7, 11) is 0. The molecule has 1 saturated carbocycles. The molecule has 5 nitrogen and oxygen atoms in total. The Balaban J connectivity index is 1.45. The molecule has 24 heavy (non-hydrogen) atoms. The third-order valence-corrected chi connectivity index (χ3v) is 5.44. The van der Waals surface area contributed by atoms with Gasteiger partial charge in [0.15, 0.2) is 0 Å². The molecule has 130 valence electrons. The quantitative estimate of drug-likeness (QED) is 0.840. The van der Waals surface area contributed by atoms with Crippen LogP contribution in [-0.2, 0) is 11.2 Å². The van der Waals surface area contributed by atoms with Crippen LogP contribution in [0.25, 0.3) is 0 Å². The number of piperidine rings is 1. The van der Waals surface area contributed by atoms with Crippen molar-refractivity contribution >= 4 is 11.9 Å². The van der Waals surface area contributed by atoms with Crippen LogP contribution in [0, 0.1) is 11.3 Å². The van der Waals surface area contributed by atoms with E-state index in [9.17, 15) is 9.59 Å². The van der Waals surface area contributed by atoms with Gasteiger partial charge in [0.25, 0.3) is 0 Å². The predicted octanol–water partition coefficient (Wildman–Crippen LogP) is 2.31. The van der Waals surface area contributed by atoms with Crippen LogP contribution in [0.15, 0.2) is 30.3 Å². The molecule has 2 aliphatic rings. The molecule has 1 aliphatic carbocycles. The minimum Gasteiger partial charge on any atom is -0.369 e. The molecule has 1 saturated heterocycles. The number of primary amides is 1. The van der Waals surface area contributed by atoms with Crippen LogP contribution < -0.4 is 11.1 Å². The molecule has 0 spiro atoms. The number of hydrogen-bond acceptors (Lipinski definition) is 2. The van der Waals surface area contributed by atoms with Crippen molar-refractivity contribution < 1.29 is 9.59 Å². The molecule has 0 aromatic heterocycles. The fraction of sp³-hybridized carbons (Fsp3) is 0.579. The maximum absolute atomic E-state index is 12.3. The zero-order chi connectivity index (χ0) is 17.0. The van der Waals surface area contributed by atoms with E-state index in [4.69, 9.17) is 5.73 Å². The molecule has 0 atom stereocenters. The molecule has 1 aromatic carbocycles. The first-order valence-electron chi connectivity index (χ1n) is 8.96. The first kappa shape index (κ1) is 16.8. The molecule has 0 bridgehead atoms. The number of rotatable bonds is 6. The molecule has 0 unspecified atom stereocenters. The van der Waals surface area contributed by atoms with E-state index in [2.05, 4.69) is 17.4 Å². The number of nitrogens with two attached hydrogens (primary N) is 1. The smallest absolute Gasteiger partial charge is 0.317 e. The van der Waals surface area contributed by atoms with Crippen molar-refractivity contribution in [2.75, 3.05) is 19.6 Å². The van der Waals surface area contributed by atoms with Gasteiger partial charge in [-0.05, 0) is 37.2 Å². The monoisotopic (exact) mass is 329 g/mol. The van der Waals surface area contributed by atoms with E-state index in [-0.39, 0.29) is 17.4 Å². The predicted molar refractivity (Wildman–Crippen MR) is 93.3 cm³/mol.